The van der Waals surface area contributed by atoms with Gasteiger partial charge in [0.1, 0.15) is 0 Å². The number of pyridine rings is 1. The minimum Gasteiger partial charge on any atom is -0.485 e. The first-order valence-electron chi connectivity index (χ1n) is 13.3. The van der Waals surface area contributed by atoms with Crippen LogP contribution in [-0.4, -0.2) is 16.1 Å². The standard InChI is InChI=1S/C28H42N2O5/c1-5-9-11-13-14-15-19-29-25-21-22(30(32)33)17-18-24(25)26(35-23(7-3)8-4)27(28(29)31)34-20-16-12-10-6-2/h7,17-18,21H,5-6,8-16,19-20H2,1-4H3. The van der Waals surface area contributed by atoms with Crippen LogP contribution in [0.5, 0.6) is 11.5 Å². The molecule has 0 saturated carbocycles. The molecule has 0 unspecified atom stereocenters. The van der Waals surface area contributed by atoms with E-state index >= 15 is 0 Å². The summed E-state index contributed by atoms with van der Waals surface area (Å²) in [6.07, 6.45) is 13.2. The lowest BCUT2D eigenvalue weighted by molar-refractivity contribution is -0.384. The van der Waals surface area contributed by atoms with Gasteiger partial charge in [-0.1, -0.05) is 72.1 Å². The van der Waals surface area contributed by atoms with Gasteiger partial charge >= 0.3 is 0 Å². The maximum Gasteiger partial charge on any atom is 0.297 e. The number of allylic oxidation sites excluding steroid dienone is 2. The van der Waals surface area contributed by atoms with Crippen molar-refractivity contribution in [3.63, 3.8) is 0 Å². The maximum absolute atomic E-state index is 13.7. The number of hydrogen-bond acceptors (Lipinski definition) is 5. The molecule has 0 aliphatic heterocycles. The average molecular weight is 487 g/mol. The van der Waals surface area contributed by atoms with Crippen LogP contribution in [0.2, 0.25) is 0 Å². The van der Waals surface area contributed by atoms with Crippen molar-refractivity contribution in [2.24, 2.45) is 0 Å². The Kier molecular flexibility index (Phi) is 12.4. The Morgan fingerprint density at radius 3 is 2.26 bits per heavy atom. The number of aromatic nitrogens is 1. The van der Waals surface area contributed by atoms with Crippen molar-refractivity contribution in [1.29, 1.82) is 0 Å². The first-order valence-corrected chi connectivity index (χ1v) is 13.3. The van der Waals surface area contributed by atoms with Gasteiger partial charge in [-0.3, -0.25) is 14.9 Å². The van der Waals surface area contributed by atoms with Crippen LogP contribution >= 0.6 is 0 Å². The molecule has 0 saturated heterocycles. The highest BCUT2D eigenvalue weighted by molar-refractivity contribution is 5.89. The molecule has 0 fully saturated rings. The SMILES string of the molecule is CC=C(CC)Oc1c(OCCCCCC)c(=O)n(CCCCCCCC)c2cc([N+](=O)[O-])ccc12. The number of rotatable bonds is 17. The van der Waals surface area contributed by atoms with Gasteiger partial charge < -0.3 is 14.0 Å². The largest absolute Gasteiger partial charge is 0.485 e. The van der Waals surface area contributed by atoms with Crippen LogP contribution in [-0.2, 0) is 6.54 Å². The molecular formula is C28H42N2O5. The monoisotopic (exact) mass is 486 g/mol. The number of nitrogens with zero attached hydrogens (tertiary/aromatic N) is 2. The number of ether oxygens (including phenoxy) is 2. The number of fused-ring (bicyclic) bond motifs is 1. The van der Waals surface area contributed by atoms with Crippen LogP contribution < -0.4 is 15.0 Å². The fraction of sp³-hybridized carbons (Fsp3) is 0.607. The summed E-state index contributed by atoms with van der Waals surface area (Å²) in [7, 11) is 0. The topological polar surface area (TPSA) is 83.6 Å². The van der Waals surface area contributed by atoms with E-state index in [4.69, 9.17) is 9.47 Å². The van der Waals surface area contributed by atoms with Gasteiger partial charge in [-0.05, 0) is 31.9 Å². The van der Waals surface area contributed by atoms with E-state index in [-0.39, 0.29) is 17.0 Å². The van der Waals surface area contributed by atoms with E-state index in [1.807, 2.05) is 19.9 Å². The van der Waals surface area contributed by atoms with Crippen molar-refractivity contribution in [3.8, 4) is 11.5 Å². The molecule has 0 aliphatic carbocycles. The molecule has 0 bridgehead atoms. The highest BCUT2D eigenvalue weighted by Gasteiger charge is 2.22. The Morgan fingerprint density at radius 2 is 1.63 bits per heavy atom. The van der Waals surface area contributed by atoms with Crippen LogP contribution in [0.15, 0.2) is 34.8 Å². The number of unbranched alkanes of at least 4 members (excludes halogenated alkanes) is 8. The molecule has 1 aromatic heterocycles. The smallest absolute Gasteiger partial charge is 0.297 e. The molecule has 7 nitrogen and oxygen atoms in total. The summed E-state index contributed by atoms with van der Waals surface area (Å²) in [5, 5.41) is 12.2. The summed E-state index contributed by atoms with van der Waals surface area (Å²) >= 11 is 0. The predicted molar refractivity (Wildman–Crippen MR) is 143 cm³/mol. The van der Waals surface area contributed by atoms with Gasteiger partial charge in [0.15, 0.2) is 5.75 Å². The molecule has 0 aliphatic rings. The molecule has 1 heterocycles. The van der Waals surface area contributed by atoms with E-state index in [2.05, 4.69) is 13.8 Å². The minimum absolute atomic E-state index is 0.0467. The number of nitro groups is 1. The highest BCUT2D eigenvalue weighted by Crippen LogP contribution is 2.36. The third-order valence-corrected chi connectivity index (χ3v) is 6.26. The molecule has 35 heavy (non-hydrogen) atoms. The molecule has 0 N–H and O–H groups in total. The second-order valence-electron chi connectivity index (χ2n) is 8.96. The first-order chi connectivity index (χ1) is 17.0. The number of non-ortho nitro benzene ring substituents is 1. The van der Waals surface area contributed by atoms with Crippen molar-refractivity contribution in [2.45, 2.75) is 105 Å². The third kappa shape index (κ3) is 8.11. The second kappa shape index (κ2) is 15.2. The lowest BCUT2D eigenvalue weighted by Gasteiger charge is -2.19. The molecule has 1 aromatic carbocycles. The maximum atomic E-state index is 13.7. The van der Waals surface area contributed by atoms with Crippen LogP contribution in [0.1, 0.15) is 98.3 Å². The average Bonchev–Trinajstić information content (AvgIpc) is 2.86. The summed E-state index contributed by atoms with van der Waals surface area (Å²) in [4.78, 5) is 24.8. The molecule has 0 amide bonds. The number of nitro benzene ring substituents is 1. The van der Waals surface area contributed by atoms with Crippen LogP contribution in [0.25, 0.3) is 10.9 Å². The van der Waals surface area contributed by atoms with Crippen molar-refractivity contribution >= 4 is 16.6 Å². The lowest BCUT2D eigenvalue weighted by atomic mass is 10.1. The number of aryl methyl sites for hydroxylation is 1. The zero-order valence-electron chi connectivity index (χ0n) is 21.9. The summed E-state index contributed by atoms with van der Waals surface area (Å²) in [5.41, 5.74) is 0.177. The Bertz CT molecular complexity index is 1040. The molecule has 0 spiro atoms. The van der Waals surface area contributed by atoms with E-state index in [0.29, 0.717) is 42.0 Å². The van der Waals surface area contributed by atoms with Crippen molar-refractivity contribution in [2.75, 3.05) is 6.61 Å². The van der Waals surface area contributed by atoms with E-state index in [9.17, 15) is 14.9 Å². The summed E-state index contributed by atoms with van der Waals surface area (Å²) in [5.74, 6) is 1.26. The van der Waals surface area contributed by atoms with Crippen molar-refractivity contribution in [1.82, 2.24) is 4.57 Å². The fourth-order valence-electron chi connectivity index (χ4n) is 4.17. The van der Waals surface area contributed by atoms with Gasteiger partial charge in [0, 0.05) is 30.5 Å². The Hall–Kier alpha value is -2.83. The normalized spacial score (nSPS) is 11.7. The van der Waals surface area contributed by atoms with E-state index < -0.39 is 4.92 Å². The van der Waals surface area contributed by atoms with Crippen LogP contribution in [0, 0.1) is 10.1 Å². The predicted octanol–water partition coefficient (Wildman–Crippen LogP) is 7.92. The fourth-order valence-corrected chi connectivity index (χ4v) is 4.17. The Balaban J connectivity index is 2.54. The van der Waals surface area contributed by atoms with Gasteiger partial charge in [0.05, 0.1) is 22.8 Å². The van der Waals surface area contributed by atoms with Gasteiger partial charge in [-0.15, -0.1) is 0 Å². The van der Waals surface area contributed by atoms with Gasteiger partial charge in [0.2, 0.25) is 5.75 Å². The minimum atomic E-state index is -0.429. The molecule has 2 aromatic rings. The molecule has 194 valence electrons. The van der Waals surface area contributed by atoms with E-state index in [1.54, 1.807) is 10.6 Å². The summed E-state index contributed by atoms with van der Waals surface area (Å²) < 4.78 is 13.9. The van der Waals surface area contributed by atoms with E-state index in [1.165, 1.54) is 31.4 Å². The highest BCUT2D eigenvalue weighted by atomic mass is 16.6. The number of hydrogen-bond donors (Lipinski definition) is 0. The molecule has 0 radical (unpaired) electrons. The van der Waals surface area contributed by atoms with Gasteiger partial charge in [0.25, 0.3) is 11.2 Å². The van der Waals surface area contributed by atoms with Crippen molar-refractivity contribution in [3.05, 3.63) is 50.5 Å². The lowest BCUT2D eigenvalue weighted by Crippen LogP contribution is -2.24. The molecule has 7 heteroatoms. The van der Waals surface area contributed by atoms with Crippen LogP contribution in [0.4, 0.5) is 5.69 Å². The zero-order chi connectivity index (χ0) is 25.6. The molecule has 0 atom stereocenters. The van der Waals surface area contributed by atoms with Crippen LogP contribution in [0.3, 0.4) is 0 Å². The van der Waals surface area contributed by atoms with Crippen molar-refractivity contribution < 1.29 is 14.4 Å². The molecular weight excluding hydrogens is 444 g/mol. The quantitative estimate of drug-likeness (QED) is 0.0981. The van der Waals surface area contributed by atoms with Gasteiger partial charge in [-0.2, -0.15) is 0 Å². The third-order valence-electron chi connectivity index (χ3n) is 6.26. The molecule has 2 rings (SSSR count). The van der Waals surface area contributed by atoms with E-state index in [0.717, 1.165) is 44.9 Å². The summed E-state index contributed by atoms with van der Waals surface area (Å²) in [6, 6.07) is 4.61. The van der Waals surface area contributed by atoms with Gasteiger partial charge in [-0.25, -0.2) is 0 Å². The Morgan fingerprint density at radius 1 is 0.971 bits per heavy atom. The first kappa shape index (κ1) is 28.4. The zero-order valence-corrected chi connectivity index (χ0v) is 21.9. The number of benzene rings is 1. The Labute approximate surface area is 209 Å². The summed E-state index contributed by atoms with van der Waals surface area (Å²) in [6.45, 7) is 9.12. The second-order valence-corrected chi connectivity index (χ2v) is 8.96.